The summed E-state index contributed by atoms with van der Waals surface area (Å²) in [6, 6.07) is -0.0562. The third kappa shape index (κ3) is 2.67. The lowest BCUT2D eigenvalue weighted by molar-refractivity contribution is -0.144. The number of nitrogens with one attached hydrogen (secondary N) is 1. The Bertz CT molecular complexity index is 229. The number of rotatable bonds is 2. The fourth-order valence-electron chi connectivity index (χ4n) is 2.62. The monoisotopic (exact) mass is 229 g/mol. The first kappa shape index (κ1) is 11.3. The summed E-state index contributed by atoms with van der Waals surface area (Å²) < 4.78 is 4.79. The van der Waals surface area contributed by atoms with Gasteiger partial charge in [-0.3, -0.25) is 4.79 Å². The second kappa shape index (κ2) is 5.21. The number of methoxy groups -OCH3 is 1. The maximum Gasteiger partial charge on any atom is 0.322 e. The Labute approximate surface area is 95.3 Å². The fraction of sp³-hybridized carbons (Fsp3) is 0.909. The molecule has 2 aliphatic rings. The zero-order chi connectivity index (χ0) is 10.7. The molecule has 1 N–H and O–H groups in total. The molecule has 3 atom stereocenters. The molecule has 0 saturated carbocycles. The number of carbonyl (C=O) groups is 1. The van der Waals surface area contributed by atoms with Gasteiger partial charge in [0, 0.05) is 0 Å². The number of esters is 1. The van der Waals surface area contributed by atoms with Gasteiger partial charge in [0.2, 0.25) is 0 Å². The normalized spacial score (nSPS) is 36.5. The molecule has 2 aliphatic heterocycles. The lowest BCUT2D eigenvalue weighted by atomic mass is 9.81. The van der Waals surface area contributed by atoms with Crippen LogP contribution >= 0.6 is 11.8 Å². The molecule has 0 spiro atoms. The molecule has 0 bridgehead atoms. The zero-order valence-corrected chi connectivity index (χ0v) is 10.0. The molecule has 2 rings (SSSR count). The molecule has 3 unspecified atom stereocenters. The molecule has 0 aliphatic carbocycles. The van der Waals surface area contributed by atoms with Crippen LogP contribution in [0.2, 0.25) is 0 Å². The van der Waals surface area contributed by atoms with Crippen molar-refractivity contribution in [2.45, 2.75) is 25.3 Å². The van der Waals surface area contributed by atoms with Crippen LogP contribution in [0.25, 0.3) is 0 Å². The van der Waals surface area contributed by atoms with Crippen molar-refractivity contribution in [3.8, 4) is 0 Å². The molecule has 4 heteroatoms. The molecule has 0 aromatic heterocycles. The van der Waals surface area contributed by atoms with Gasteiger partial charge in [-0.2, -0.15) is 11.8 Å². The summed E-state index contributed by atoms with van der Waals surface area (Å²) in [6.07, 6.45) is 3.53. The molecule has 15 heavy (non-hydrogen) atoms. The van der Waals surface area contributed by atoms with E-state index in [1.54, 1.807) is 0 Å². The number of ether oxygens (including phenoxy) is 1. The lowest BCUT2D eigenvalue weighted by Gasteiger charge is -2.32. The standard InChI is InChI=1S/C11H19NO2S/c1-14-11(13)10-6-8(2-4-12-10)9-3-5-15-7-9/h8-10,12H,2-7H2,1H3. The van der Waals surface area contributed by atoms with Gasteiger partial charge in [0.25, 0.3) is 0 Å². The topological polar surface area (TPSA) is 38.3 Å². The van der Waals surface area contributed by atoms with Gasteiger partial charge in [-0.15, -0.1) is 0 Å². The molecule has 2 saturated heterocycles. The molecule has 2 heterocycles. The van der Waals surface area contributed by atoms with Crippen LogP contribution in [0.1, 0.15) is 19.3 Å². The summed E-state index contributed by atoms with van der Waals surface area (Å²) in [5.74, 6) is 4.07. The summed E-state index contributed by atoms with van der Waals surface area (Å²) in [7, 11) is 1.47. The van der Waals surface area contributed by atoms with Gasteiger partial charge in [-0.25, -0.2) is 0 Å². The van der Waals surface area contributed by atoms with Gasteiger partial charge >= 0.3 is 5.97 Å². The maximum absolute atomic E-state index is 11.4. The second-order valence-corrected chi connectivity index (χ2v) is 5.59. The third-order valence-electron chi connectivity index (χ3n) is 3.56. The largest absolute Gasteiger partial charge is 0.468 e. The van der Waals surface area contributed by atoms with E-state index in [9.17, 15) is 4.79 Å². The quantitative estimate of drug-likeness (QED) is 0.724. The number of carbonyl (C=O) groups excluding carboxylic acids is 1. The van der Waals surface area contributed by atoms with Crippen molar-refractivity contribution in [1.82, 2.24) is 5.32 Å². The number of thioether (sulfide) groups is 1. The molecular formula is C11H19NO2S. The number of hydrogen-bond donors (Lipinski definition) is 1. The van der Waals surface area contributed by atoms with Crippen LogP contribution in [-0.4, -0.2) is 37.2 Å². The van der Waals surface area contributed by atoms with E-state index in [0.717, 1.165) is 24.8 Å². The van der Waals surface area contributed by atoms with Crippen LogP contribution in [0.5, 0.6) is 0 Å². The fourth-order valence-corrected chi connectivity index (χ4v) is 4.00. The van der Waals surface area contributed by atoms with E-state index in [1.807, 2.05) is 0 Å². The van der Waals surface area contributed by atoms with Crippen molar-refractivity contribution >= 4 is 17.7 Å². The molecule has 0 amide bonds. The Balaban J connectivity index is 1.88. The van der Waals surface area contributed by atoms with Crippen LogP contribution in [0.15, 0.2) is 0 Å². The molecule has 86 valence electrons. The van der Waals surface area contributed by atoms with E-state index in [1.165, 1.54) is 31.5 Å². The Hall–Kier alpha value is -0.220. The van der Waals surface area contributed by atoms with Crippen molar-refractivity contribution in [1.29, 1.82) is 0 Å². The Morgan fingerprint density at radius 3 is 2.93 bits per heavy atom. The van der Waals surface area contributed by atoms with Crippen LogP contribution in [0.3, 0.4) is 0 Å². The zero-order valence-electron chi connectivity index (χ0n) is 9.20. The van der Waals surface area contributed by atoms with E-state index in [4.69, 9.17) is 4.74 Å². The van der Waals surface area contributed by atoms with Gasteiger partial charge in [0.1, 0.15) is 6.04 Å². The molecule has 0 radical (unpaired) electrons. The average molecular weight is 229 g/mol. The Kier molecular flexibility index (Phi) is 3.92. The Morgan fingerprint density at radius 2 is 2.27 bits per heavy atom. The SMILES string of the molecule is COC(=O)C1CC(C2CCSC2)CCN1. The highest BCUT2D eigenvalue weighted by Crippen LogP contribution is 2.35. The smallest absolute Gasteiger partial charge is 0.322 e. The predicted octanol–water partition coefficient (Wildman–Crippen LogP) is 1.28. The van der Waals surface area contributed by atoms with E-state index >= 15 is 0 Å². The minimum absolute atomic E-state index is 0.0562. The van der Waals surface area contributed by atoms with Gasteiger partial charge in [-0.05, 0) is 49.1 Å². The van der Waals surface area contributed by atoms with E-state index in [-0.39, 0.29) is 12.0 Å². The minimum Gasteiger partial charge on any atom is -0.468 e. The third-order valence-corrected chi connectivity index (χ3v) is 4.75. The van der Waals surface area contributed by atoms with Gasteiger partial charge in [-0.1, -0.05) is 0 Å². The van der Waals surface area contributed by atoms with Crippen molar-refractivity contribution in [2.75, 3.05) is 25.2 Å². The van der Waals surface area contributed by atoms with Gasteiger partial charge in [0.05, 0.1) is 7.11 Å². The summed E-state index contributed by atoms with van der Waals surface area (Å²) in [5.41, 5.74) is 0. The van der Waals surface area contributed by atoms with Crippen LogP contribution < -0.4 is 5.32 Å². The number of hydrogen-bond acceptors (Lipinski definition) is 4. The summed E-state index contributed by atoms with van der Waals surface area (Å²) in [5, 5.41) is 3.24. The average Bonchev–Trinajstić information content (AvgIpc) is 2.82. The van der Waals surface area contributed by atoms with Crippen LogP contribution in [0.4, 0.5) is 0 Å². The highest BCUT2D eigenvalue weighted by Gasteiger charge is 2.33. The maximum atomic E-state index is 11.4. The molecular weight excluding hydrogens is 210 g/mol. The van der Waals surface area contributed by atoms with E-state index in [0.29, 0.717) is 0 Å². The summed E-state index contributed by atoms with van der Waals surface area (Å²) in [4.78, 5) is 11.4. The van der Waals surface area contributed by atoms with Gasteiger partial charge in [0.15, 0.2) is 0 Å². The van der Waals surface area contributed by atoms with Crippen molar-refractivity contribution in [3.05, 3.63) is 0 Å². The first-order valence-electron chi connectivity index (χ1n) is 5.70. The van der Waals surface area contributed by atoms with Crippen LogP contribution in [0, 0.1) is 11.8 Å². The number of piperidine rings is 1. The molecule has 3 nitrogen and oxygen atoms in total. The molecule has 2 fully saturated rings. The van der Waals surface area contributed by atoms with E-state index in [2.05, 4.69) is 17.1 Å². The van der Waals surface area contributed by atoms with Gasteiger partial charge < -0.3 is 10.1 Å². The predicted molar refractivity (Wildman–Crippen MR) is 62.0 cm³/mol. The highest BCUT2D eigenvalue weighted by atomic mass is 32.2. The highest BCUT2D eigenvalue weighted by molar-refractivity contribution is 7.99. The van der Waals surface area contributed by atoms with Crippen LogP contribution in [-0.2, 0) is 9.53 Å². The lowest BCUT2D eigenvalue weighted by Crippen LogP contribution is -2.45. The van der Waals surface area contributed by atoms with Crippen molar-refractivity contribution < 1.29 is 9.53 Å². The Morgan fingerprint density at radius 1 is 1.40 bits per heavy atom. The first-order chi connectivity index (χ1) is 7.31. The molecule has 0 aromatic rings. The summed E-state index contributed by atoms with van der Waals surface area (Å²) in [6.45, 7) is 0.964. The van der Waals surface area contributed by atoms with Crippen molar-refractivity contribution in [2.24, 2.45) is 11.8 Å². The summed E-state index contributed by atoms with van der Waals surface area (Å²) >= 11 is 2.05. The van der Waals surface area contributed by atoms with E-state index < -0.39 is 0 Å². The minimum atomic E-state index is -0.0923. The first-order valence-corrected chi connectivity index (χ1v) is 6.85. The second-order valence-electron chi connectivity index (χ2n) is 4.44. The van der Waals surface area contributed by atoms with Crippen molar-refractivity contribution in [3.63, 3.8) is 0 Å². The molecule has 0 aromatic carbocycles.